The van der Waals surface area contributed by atoms with Gasteiger partial charge in [0.2, 0.25) is 5.91 Å². The highest BCUT2D eigenvalue weighted by molar-refractivity contribution is 5.77. The van der Waals surface area contributed by atoms with Crippen molar-refractivity contribution in [1.29, 1.82) is 0 Å². The van der Waals surface area contributed by atoms with Gasteiger partial charge in [-0.15, -0.1) is 0 Å². The first-order valence-electron chi connectivity index (χ1n) is 6.62. The molecule has 1 saturated heterocycles. The topological polar surface area (TPSA) is 29.5 Å². The third-order valence-electron chi connectivity index (χ3n) is 3.40. The molecule has 1 aromatic carbocycles. The van der Waals surface area contributed by atoms with Gasteiger partial charge in [-0.25, -0.2) is 0 Å². The second-order valence-electron chi connectivity index (χ2n) is 5.02. The van der Waals surface area contributed by atoms with E-state index in [1.165, 1.54) is 5.56 Å². The molecule has 1 amide bonds. The van der Waals surface area contributed by atoms with Crippen molar-refractivity contribution in [2.45, 2.75) is 38.8 Å². The predicted molar refractivity (Wildman–Crippen MR) is 71.4 cm³/mol. The van der Waals surface area contributed by atoms with Crippen molar-refractivity contribution in [1.82, 2.24) is 4.90 Å². The number of nitrogens with zero attached hydrogens (tertiary/aromatic N) is 1. The molecule has 1 aliphatic heterocycles. The number of amides is 1. The van der Waals surface area contributed by atoms with Crippen LogP contribution in [-0.2, 0) is 16.0 Å². The molecule has 0 aromatic heterocycles. The van der Waals surface area contributed by atoms with Crippen LogP contribution in [0.3, 0.4) is 0 Å². The van der Waals surface area contributed by atoms with Crippen molar-refractivity contribution in [3.8, 4) is 0 Å². The van der Waals surface area contributed by atoms with Gasteiger partial charge in [-0.3, -0.25) is 4.79 Å². The second-order valence-corrected chi connectivity index (χ2v) is 5.02. The minimum Gasteiger partial charge on any atom is -0.375 e. The first-order valence-corrected chi connectivity index (χ1v) is 6.62. The van der Waals surface area contributed by atoms with Crippen LogP contribution in [0.1, 0.15) is 25.8 Å². The van der Waals surface area contributed by atoms with Crippen LogP contribution in [-0.4, -0.2) is 36.1 Å². The number of benzene rings is 1. The number of hydrogen-bond acceptors (Lipinski definition) is 2. The van der Waals surface area contributed by atoms with Gasteiger partial charge in [0.25, 0.3) is 0 Å². The Morgan fingerprint density at radius 2 is 2.06 bits per heavy atom. The van der Waals surface area contributed by atoms with Crippen LogP contribution < -0.4 is 0 Å². The molecule has 0 radical (unpaired) electrons. The lowest BCUT2D eigenvalue weighted by atomic mass is 10.1. The molecule has 1 aromatic rings. The van der Waals surface area contributed by atoms with E-state index in [9.17, 15) is 4.79 Å². The van der Waals surface area contributed by atoms with E-state index in [1.807, 2.05) is 36.9 Å². The maximum absolute atomic E-state index is 12.2. The van der Waals surface area contributed by atoms with Crippen LogP contribution in [0.2, 0.25) is 0 Å². The largest absolute Gasteiger partial charge is 0.375 e. The minimum atomic E-state index is 0.155. The molecule has 0 N–H and O–H groups in total. The number of aryl methyl sites for hydroxylation is 1. The Balaban J connectivity index is 1.87. The van der Waals surface area contributed by atoms with E-state index in [2.05, 4.69) is 12.1 Å². The first kappa shape index (κ1) is 13.1. The zero-order valence-corrected chi connectivity index (χ0v) is 11.1. The lowest BCUT2D eigenvalue weighted by Crippen LogP contribution is -2.50. The van der Waals surface area contributed by atoms with Gasteiger partial charge in [-0.05, 0) is 25.8 Å². The zero-order valence-electron chi connectivity index (χ0n) is 11.1. The van der Waals surface area contributed by atoms with Crippen LogP contribution in [0.25, 0.3) is 0 Å². The SMILES string of the molecule is C[C@@H]1CO[C@@H](C)CN1C(=O)CCc1ccccc1. The van der Waals surface area contributed by atoms with E-state index in [1.54, 1.807) is 0 Å². The van der Waals surface area contributed by atoms with Crippen LogP contribution in [0.5, 0.6) is 0 Å². The quantitative estimate of drug-likeness (QED) is 0.820. The highest BCUT2D eigenvalue weighted by Crippen LogP contribution is 2.14. The third kappa shape index (κ3) is 3.33. The van der Waals surface area contributed by atoms with Gasteiger partial charge in [0.05, 0.1) is 18.8 Å². The molecular formula is C15H21NO2. The number of hydrogen-bond donors (Lipinski definition) is 0. The Morgan fingerprint density at radius 3 is 2.78 bits per heavy atom. The van der Waals surface area contributed by atoms with Gasteiger partial charge in [0.15, 0.2) is 0 Å². The van der Waals surface area contributed by atoms with E-state index in [0.717, 1.165) is 13.0 Å². The Bertz CT molecular complexity index is 391. The number of carbonyl (C=O) groups excluding carboxylic acids is 1. The normalized spacial score (nSPS) is 24.0. The highest BCUT2D eigenvalue weighted by atomic mass is 16.5. The van der Waals surface area contributed by atoms with Crippen LogP contribution >= 0.6 is 0 Å². The molecule has 98 valence electrons. The summed E-state index contributed by atoms with van der Waals surface area (Å²) in [6, 6.07) is 10.4. The van der Waals surface area contributed by atoms with Crippen molar-refractivity contribution >= 4 is 5.91 Å². The van der Waals surface area contributed by atoms with Crippen molar-refractivity contribution in [3.05, 3.63) is 35.9 Å². The molecule has 2 rings (SSSR count). The molecular weight excluding hydrogens is 226 g/mol. The standard InChI is InChI=1S/C15H21NO2/c1-12-11-18-13(2)10-16(12)15(17)9-8-14-6-4-3-5-7-14/h3-7,12-13H,8-11H2,1-2H3/t12-,13+/m1/s1. The lowest BCUT2D eigenvalue weighted by Gasteiger charge is -2.36. The predicted octanol–water partition coefficient (Wildman–Crippen LogP) is 2.25. The fourth-order valence-corrected chi connectivity index (χ4v) is 2.29. The summed E-state index contributed by atoms with van der Waals surface area (Å²) in [6.07, 6.45) is 1.56. The summed E-state index contributed by atoms with van der Waals surface area (Å²) >= 11 is 0. The van der Waals surface area contributed by atoms with Gasteiger partial charge < -0.3 is 9.64 Å². The number of ether oxygens (including phenoxy) is 1. The molecule has 1 aliphatic rings. The van der Waals surface area contributed by atoms with E-state index in [-0.39, 0.29) is 18.1 Å². The van der Waals surface area contributed by atoms with Gasteiger partial charge in [0, 0.05) is 13.0 Å². The smallest absolute Gasteiger partial charge is 0.223 e. The molecule has 18 heavy (non-hydrogen) atoms. The number of carbonyl (C=O) groups is 1. The molecule has 3 heteroatoms. The van der Waals surface area contributed by atoms with Crippen molar-refractivity contribution in [2.75, 3.05) is 13.2 Å². The molecule has 0 unspecified atom stereocenters. The fraction of sp³-hybridized carbons (Fsp3) is 0.533. The second kappa shape index (κ2) is 6.01. The summed E-state index contributed by atoms with van der Waals surface area (Å²) in [6.45, 7) is 5.43. The summed E-state index contributed by atoms with van der Waals surface area (Å²) in [7, 11) is 0. The maximum atomic E-state index is 12.2. The Hall–Kier alpha value is -1.35. The van der Waals surface area contributed by atoms with Gasteiger partial charge >= 0.3 is 0 Å². The van der Waals surface area contributed by atoms with Crippen molar-refractivity contribution in [3.63, 3.8) is 0 Å². The van der Waals surface area contributed by atoms with E-state index < -0.39 is 0 Å². The molecule has 1 fully saturated rings. The van der Waals surface area contributed by atoms with Crippen LogP contribution in [0.4, 0.5) is 0 Å². The summed E-state index contributed by atoms with van der Waals surface area (Å²) in [5.74, 6) is 0.238. The molecule has 3 nitrogen and oxygen atoms in total. The highest BCUT2D eigenvalue weighted by Gasteiger charge is 2.26. The molecule has 1 heterocycles. The molecule has 0 spiro atoms. The van der Waals surface area contributed by atoms with Gasteiger partial charge in [-0.2, -0.15) is 0 Å². The van der Waals surface area contributed by atoms with E-state index in [0.29, 0.717) is 13.0 Å². The van der Waals surface area contributed by atoms with Crippen molar-refractivity contribution < 1.29 is 9.53 Å². The summed E-state index contributed by atoms with van der Waals surface area (Å²) in [5, 5.41) is 0. The average molecular weight is 247 g/mol. The Kier molecular flexibility index (Phi) is 4.37. The fourth-order valence-electron chi connectivity index (χ4n) is 2.29. The lowest BCUT2D eigenvalue weighted by molar-refractivity contribution is -0.143. The van der Waals surface area contributed by atoms with Crippen molar-refractivity contribution in [2.24, 2.45) is 0 Å². The van der Waals surface area contributed by atoms with Gasteiger partial charge in [0.1, 0.15) is 0 Å². The van der Waals surface area contributed by atoms with Crippen LogP contribution in [0, 0.1) is 0 Å². The Labute approximate surface area is 109 Å². The number of rotatable bonds is 3. The van der Waals surface area contributed by atoms with Crippen LogP contribution in [0.15, 0.2) is 30.3 Å². The average Bonchev–Trinajstić information content (AvgIpc) is 2.40. The van der Waals surface area contributed by atoms with E-state index in [4.69, 9.17) is 4.74 Å². The summed E-state index contributed by atoms with van der Waals surface area (Å²) < 4.78 is 5.54. The molecule has 0 saturated carbocycles. The summed E-state index contributed by atoms with van der Waals surface area (Å²) in [4.78, 5) is 14.2. The zero-order chi connectivity index (χ0) is 13.0. The molecule has 2 atom stereocenters. The molecule has 0 bridgehead atoms. The third-order valence-corrected chi connectivity index (χ3v) is 3.40. The number of morpholine rings is 1. The first-order chi connectivity index (χ1) is 8.66. The monoisotopic (exact) mass is 247 g/mol. The minimum absolute atomic E-state index is 0.155. The summed E-state index contributed by atoms with van der Waals surface area (Å²) in [5.41, 5.74) is 1.22. The maximum Gasteiger partial charge on any atom is 0.223 e. The van der Waals surface area contributed by atoms with E-state index >= 15 is 0 Å². The Morgan fingerprint density at radius 1 is 1.33 bits per heavy atom. The van der Waals surface area contributed by atoms with Gasteiger partial charge in [-0.1, -0.05) is 30.3 Å². The molecule has 0 aliphatic carbocycles.